The summed E-state index contributed by atoms with van der Waals surface area (Å²) in [6.45, 7) is 4.37. The lowest BCUT2D eigenvalue weighted by Gasteiger charge is -2.22. The highest BCUT2D eigenvalue weighted by atomic mass is 16.3. The standard InChI is InChI=1S/C39H79NO3/c1-3-5-7-9-11-13-15-17-19-20-21-22-24-26-28-30-32-34-38(42)37(36-41)40-39(43)35-33-31-29-27-25-23-18-16-14-12-10-8-6-4-2/h37-38,41-42H,3-36H2,1-2H3,(H,40,43). The molecule has 0 radical (unpaired) electrons. The number of carbonyl (C=O) groups is 1. The van der Waals surface area contributed by atoms with Gasteiger partial charge in [-0.25, -0.2) is 0 Å². The zero-order chi connectivity index (χ0) is 31.5. The molecule has 3 N–H and O–H groups in total. The van der Waals surface area contributed by atoms with Crippen molar-refractivity contribution < 1.29 is 15.0 Å². The van der Waals surface area contributed by atoms with E-state index in [1.165, 1.54) is 173 Å². The van der Waals surface area contributed by atoms with Gasteiger partial charge < -0.3 is 15.5 Å². The van der Waals surface area contributed by atoms with Crippen LogP contribution < -0.4 is 5.32 Å². The molecule has 0 aromatic carbocycles. The molecule has 0 saturated carbocycles. The van der Waals surface area contributed by atoms with Gasteiger partial charge in [-0.3, -0.25) is 4.79 Å². The van der Waals surface area contributed by atoms with Gasteiger partial charge in [0.05, 0.1) is 18.8 Å². The van der Waals surface area contributed by atoms with Crippen molar-refractivity contribution in [2.75, 3.05) is 6.61 Å². The summed E-state index contributed by atoms with van der Waals surface area (Å²) in [5, 5.41) is 23.1. The number of nitrogens with one attached hydrogen (secondary N) is 1. The second kappa shape index (κ2) is 35.9. The van der Waals surface area contributed by atoms with E-state index in [9.17, 15) is 15.0 Å². The molecule has 0 heterocycles. The number of hydrogen-bond donors (Lipinski definition) is 3. The summed E-state index contributed by atoms with van der Waals surface area (Å²) >= 11 is 0. The van der Waals surface area contributed by atoms with Gasteiger partial charge in [0.1, 0.15) is 0 Å². The molecule has 0 aromatic heterocycles. The Kier molecular flexibility index (Phi) is 35.4. The molecule has 0 fully saturated rings. The minimum absolute atomic E-state index is 0.0283. The Labute approximate surface area is 270 Å². The van der Waals surface area contributed by atoms with E-state index in [1.807, 2.05) is 0 Å². The van der Waals surface area contributed by atoms with Crippen molar-refractivity contribution in [3.05, 3.63) is 0 Å². The van der Waals surface area contributed by atoms with Crippen LogP contribution in [-0.4, -0.2) is 34.9 Å². The highest BCUT2D eigenvalue weighted by molar-refractivity contribution is 5.76. The molecule has 4 nitrogen and oxygen atoms in total. The van der Waals surface area contributed by atoms with Gasteiger partial charge in [0.2, 0.25) is 5.91 Å². The lowest BCUT2D eigenvalue weighted by atomic mass is 10.0. The Morgan fingerprint density at radius 3 is 1.05 bits per heavy atom. The Hall–Kier alpha value is -0.610. The summed E-state index contributed by atoms with van der Waals surface area (Å²) in [5.41, 5.74) is 0. The Morgan fingerprint density at radius 2 is 0.744 bits per heavy atom. The number of unbranched alkanes of at least 4 members (excludes halogenated alkanes) is 29. The summed E-state index contributed by atoms with van der Waals surface area (Å²) in [6, 6.07) is -0.528. The van der Waals surface area contributed by atoms with Crippen LogP contribution in [0.15, 0.2) is 0 Å². The Morgan fingerprint density at radius 1 is 0.465 bits per heavy atom. The van der Waals surface area contributed by atoms with Crippen molar-refractivity contribution in [1.29, 1.82) is 0 Å². The third-order valence-electron chi connectivity index (χ3n) is 9.37. The lowest BCUT2D eigenvalue weighted by Crippen LogP contribution is -2.45. The Balaban J connectivity index is 3.50. The first kappa shape index (κ1) is 42.4. The number of amides is 1. The molecule has 0 aliphatic rings. The van der Waals surface area contributed by atoms with Gasteiger partial charge in [-0.05, 0) is 12.8 Å². The van der Waals surface area contributed by atoms with Gasteiger partial charge in [0.15, 0.2) is 0 Å². The van der Waals surface area contributed by atoms with E-state index in [0.29, 0.717) is 12.8 Å². The van der Waals surface area contributed by atoms with Crippen LogP contribution in [0.3, 0.4) is 0 Å². The number of rotatable bonds is 36. The van der Waals surface area contributed by atoms with Gasteiger partial charge in [0, 0.05) is 6.42 Å². The van der Waals surface area contributed by atoms with Gasteiger partial charge in [-0.2, -0.15) is 0 Å². The quantitative estimate of drug-likeness (QED) is 0.0619. The van der Waals surface area contributed by atoms with E-state index in [-0.39, 0.29) is 12.5 Å². The second-order valence-electron chi connectivity index (χ2n) is 13.7. The summed E-state index contributed by atoms with van der Waals surface area (Å²) in [5.74, 6) is -0.0283. The smallest absolute Gasteiger partial charge is 0.220 e. The third kappa shape index (κ3) is 32.6. The first-order valence-corrected chi connectivity index (χ1v) is 19.7. The predicted octanol–water partition coefficient (Wildman–Crippen LogP) is 11.7. The lowest BCUT2D eigenvalue weighted by molar-refractivity contribution is -0.123. The molecule has 2 unspecified atom stereocenters. The van der Waals surface area contributed by atoms with Crippen molar-refractivity contribution in [1.82, 2.24) is 5.32 Å². The van der Waals surface area contributed by atoms with Gasteiger partial charge in [0.25, 0.3) is 0 Å². The van der Waals surface area contributed by atoms with E-state index < -0.39 is 12.1 Å². The third-order valence-corrected chi connectivity index (χ3v) is 9.37. The van der Waals surface area contributed by atoms with E-state index in [1.54, 1.807) is 0 Å². The van der Waals surface area contributed by atoms with E-state index in [4.69, 9.17) is 0 Å². The summed E-state index contributed by atoms with van der Waals surface area (Å²) in [4.78, 5) is 12.3. The zero-order valence-electron chi connectivity index (χ0n) is 29.5. The molecule has 1 amide bonds. The normalized spacial score (nSPS) is 12.9. The van der Waals surface area contributed by atoms with Crippen LogP contribution in [0.2, 0.25) is 0 Å². The molecule has 43 heavy (non-hydrogen) atoms. The van der Waals surface area contributed by atoms with Crippen LogP contribution in [0.5, 0.6) is 0 Å². The highest BCUT2D eigenvalue weighted by Gasteiger charge is 2.19. The highest BCUT2D eigenvalue weighted by Crippen LogP contribution is 2.16. The van der Waals surface area contributed by atoms with E-state index in [0.717, 1.165) is 25.7 Å². The average Bonchev–Trinajstić information content (AvgIpc) is 3.01. The molecule has 0 bridgehead atoms. The molecular weight excluding hydrogens is 530 g/mol. The first-order valence-electron chi connectivity index (χ1n) is 19.7. The fourth-order valence-corrected chi connectivity index (χ4v) is 6.30. The van der Waals surface area contributed by atoms with Crippen LogP contribution >= 0.6 is 0 Å². The molecule has 0 spiro atoms. The van der Waals surface area contributed by atoms with Crippen LogP contribution in [-0.2, 0) is 4.79 Å². The van der Waals surface area contributed by atoms with Crippen molar-refractivity contribution >= 4 is 5.91 Å². The summed E-state index contributed by atoms with van der Waals surface area (Å²) < 4.78 is 0. The van der Waals surface area contributed by atoms with Crippen molar-refractivity contribution in [3.8, 4) is 0 Å². The SMILES string of the molecule is CCCCCCCCCCCCCCCCCCCC(O)C(CO)NC(=O)CCCCCCCCCCCCCCCC. The maximum atomic E-state index is 12.3. The molecule has 0 aromatic rings. The van der Waals surface area contributed by atoms with Crippen molar-refractivity contribution in [2.24, 2.45) is 0 Å². The molecule has 4 heteroatoms. The molecule has 0 aliphatic heterocycles. The van der Waals surface area contributed by atoms with E-state index in [2.05, 4.69) is 19.2 Å². The topological polar surface area (TPSA) is 69.6 Å². The zero-order valence-corrected chi connectivity index (χ0v) is 29.5. The maximum Gasteiger partial charge on any atom is 0.220 e. The minimum atomic E-state index is -0.651. The van der Waals surface area contributed by atoms with Crippen LogP contribution in [0.4, 0.5) is 0 Å². The molecule has 0 saturated heterocycles. The maximum absolute atomic E-state index is 12.3. The summed E-state index contributed by atoms with van der Waals surface area (Å²) in [7, 11) is 0. The molecule has 258 valence electrons. The average molecular weight is 610 g/mol. The second-order valence-corrected chi connectivity index (χ2v) is 13.7. The van der Waals surface area contributed by atoms with Gasteiger partial charge >= 0.3 is 0 Å². The molecule has 0 rings (SSSR count). The summed E-state index contributed by atoms with van der Waals surface area (Å²) in [6.07, 6.45) is 41.6. The van der Waals surface area contributed by atoms with Crippen molar-refractivity contribution in [2.45, 2.75) is 238 Å². The largest absolute Gasteiger partial charge is 0.394 e. The predicted molar refractivity (Wildman–Crippen MR) is 189 cm³/mol. The number of carbonyl (C=O) groups excluding carboxylic acids is 1. The van der Waals surface area contributed by atoms with Crippen molar-refractivity contribution in [3.63, 3.8) is 0 Å². The number of aliphatic hydroxyl groups excluding tert-OH is 2. The van der Waals surface area contributed by atoms with Crippen LogP contribution in [0.1, 0.15) is 226 Å². The van der Waals surface area contributed by atoms with Gasteiger partial charge in [-0.15, -0.1) is 0 Å². The fraction of sp³-hybridized carbons (Fsp3) is 0.974. The molecule has 2 atom stereocenters. The number of aliphatic hydroxyl groups is 2. The molecule has 0 aliphatic carbocycles. The Bertz CT molecular complexity index is 541. The van der Waals surface area contributed by atoms with E-state index >= 15 is 0 Å². The minimum Gasteiger partial charge on any atom is -0.394 e. The fourth-order valence-electron chi connectivity index (χ4n) is 6.30. The van der Waals surface area contributed by atoms with Gasteiger partial charge in [-0.1, -0.05) is 206 Å². The van der Waals surface area contributed by atoms with Crippen LogP contribution in [0, 0.1) is 0 Å². The molecular formula is C39H79NO3. The monoisotopic (exact) mass is 610 g/mol. The number of hydrogen-bond acceptors (Lipinski definition) is 3. The first-order chi connectivity index (χ1) is 21.2. The van der Waals surface area contributed by atoms with Crippen LogP contribution in [0.25, 0.3) is 0 Å².